The second-order valence-corrected chi connectivity index (χ2v) is 6.70. The zero-order valence-electron chi connectivity index (χ0n) is 15.8. The van der Waals surface area contributed by atoms with Crippen molar-refractivity contribution in [3.63, 3.8) is 0 Å². The molecule has 11 heteroatoms. The minimum Gasteiger partial charge on any atom is -0.495 e. The predicted octanol–water partition coefficient (Wildman–Crippen LogP) is 4.62. The van der Waals surface area contributed by atoms with E-state index in [0.29, 0.717) is 33.8 Å². The second-order valence-electron chi connectivity index (χ2n) is 6.37. The standard InChI is InChI=1S/C20H13ClF3N5O2/c1-31-13-5-6-15-16(14-7-8-25-19(21)27-14)17(28-29(15)10-13)11-3-2-4-12(9-11)26-18(30)20(22,23)24/h2-10H,1H3,(H,26,30). The average molecular weight is 448 g/mol. The molecular weight excluding hydrogens is 435 g/mol. The molecule has 0 aliphatic heterocycles. The predicted molar refractivity (Wildman–Crippen MR) is 108 cm³/mol. The van der Waals surface area contributed by atoms with Gasteiger partial charge in [0.1, 0.15) is 11.4 Å². The Kier molecular flexibility index (Phi) is 5.24. The number of hydrogen-bond donors (Lipinski definition) is 1. The topological polar surface area (TPSA) is 81.4 Å². The summed E-state index contributed by atoms with van der Waals surface area (Å²) in [7, 11) is 1.52. The van der Waals surface area contributed by atoms with Gasteiger partial charge in [-0.3, -0.25) is 4.79 Å². The van der Waals surface area contributed by atoms with Crippen LogP contribution in [-0.2, 0) is 4.79 Å². The van der Waals surface area contributed by atoms with Crippen molar-refractivity contribution in [1.82, 2.24) is 19.6 Å². The number of hydrogen-bond acceptors (Lipinski definition) is 5. The van der Waals surface area contributed by atoms with Crippen molar-refractivity contribution < 1.29 is 22.7 Å². The van der Waals surface area contributed by atoms with Crippen LogP contribution in [0.25, 0.3) is 28.0 Å². The molecule has 4 aromatic rings. The number of pyridine rings is 1. The summed E-state index contributed by atoms with van der Waals surface area (Å²) in [6.45, 7) is 0. The third-order valence-corrected chi connectivity index (χ3v) is 4.55. The number of fused-ring (bicyclic) bond motifs is 1. The van der Waals surface area contributed by atoms with Crippen molar-refractivity contribution in [3.8, 4) is 28.3 Å². The van der Waals surface area contributed by atoms with E-state index in [4.69, 9.17) is 16.3 Å². The number of anilines is 1. The Morgan fingerprint density at radius 1 is 1.19 bits per heavy atom. The van der Waals surface area contributed by atoms with Crippen LogP contribution in [0.1, 0.15) is 0 Å². The van der Waals surface area contributed by atoms with Crippen molar-refractivity contribution in [3.05, 3.63) is 60.1 Å². The zero-order valence-corrected chi connectivity index (χ0v) is 16.6. The molecule has 0 aliphatic rings. The van der Waals surface area contributed by atoms with Gasteiger partial charge in [-0.15, -0.1) is 0 Å². The highest BCUT2D eigenvalue weighted by Gasteiger charge is 2.38. The zero-order chi connectivity index (χ0) is 22.2. The molecule has 0 saturated carbocycles. The third kappa shape index (κ3) is 4.15. The fraction of sp³-hybridized carbons (Fsp3) is 0.100. The normalized spacial score (nSPS) is 11.5. The number of aromatic nitrogens is 4. The Bertz CT molecular complexity index is 1290. The van der Waals surface area contributed by atoms with E-state index in [9.17, 15) is 18.0 Å². The summed E-state index contributed by atoms with van der Waals surface area (Å²) >= 11 is 5.96. The number of alkyl halides is 3. The number of nitrogens with one attached hydrogen (secondary N) is 1. The number of rotatable bonds is 4. The summed E-state index contributed by atoms with van der Waals surface area (Å²) in [6.07, 6.45) is -1.86. The first kappa shape index (κ1) is 20.6. The molecule has 0 bridgehead atoms. The first-order valence-electron chi connectivity index (χ1n) is 8.80. The smallest absolute Gasteiger partial charge is 0.471 e. The molecule has 1 amide bonds. The summed E-state index contributed by atoms with van der Waals surface area (Å²) in [4.78, 5) is 19.4. The number of amides is 1. The number of ether oxygens (including phenoxy) is 1. The van der Waals surface area contributed by atoms with Crippen LogP contribution in [0.15, 0.2) is 54.9 Å². The third-order valence-electron chi connectivity index (χ3n) is 4.37. The maximum absolute atomic E-state index is 12.6. The Morgan fingerprint density at radius 3 is 2.71 bits per heavy atom. The number of halogens is 4. The van der Waals surface area contributed by atoms with Crippen LogP contribution >= 0.6 is 11.6 Å². The van der Waals surface area contributed by atoms with Crippen molar-refractivity contribution in [1.29, 1.82) is 0 Å². The average Bonchev–Trinajstić information content (AvgIpc) is 3.12. The van der Waals surface area contributed by atoms with Gasteiger partial charge in [-0.25, -0.2) is 14.5 Å². The minimum atomic E-state index is -5.00. The van der Waals surface area contributed by atoms with Crippen LogP contribution < -0.4 is 10.1 Å². The molecular formula is C20H13ClF3N5O2. The van der Waals surface area contributed by atoms with Gasteiger partial charge in [-0.05, 0) is 41.9 Å². The fourth-order valence-electron chi connectivity index (χ4n) is 3.03. The highest BCUT2D eigenvalue weighted by atomic mass is 35.5. The number of methoxy groups -OCH3 is 1. The molecule has 0 aliphatic carbocycles. The molecule has 0 atom stereocenters. The molecule has 0 unspecified atom stereocenters. The molecule has 0 fully saturated rings. The highest BCUT2D eigenvalue weighted by Crippen LogP contribution is 2.36. The van der Waals surface area contributed by atoms with Crippen LogP contribution in [0.4, 0.5) is 18.9 Å². The maximum atomic E-state index is 12.6. The van der Waals surface area contributed by atoms with Gasteiger partial charge in [0.25, 0.3) is 0 Å². The highest BCUT2D eigenvalue weighted by molar-refractivity contribution is 6.28. The molecule has 3 aromatic heterocycles. The van der Waals surface area contributed by atoms with Gasteiger partial charge in [-0.1, -0.05) is 12.1 Å². The van der Waals surface area contributed by atoms with Gasteiger partial charge in [-0.2, -0.15) is 18.3 Å². The van der Waals surface area contributed by atoms with Crippen molar-refractivity contribution in [2.45, 2.75) is 6.18 Å². The van der Waals surface area contributed by atoms with Crippen LogP contribution in [0.3, 0.4) is 0 Å². The van der Waals surface area contributed by atoms with Gasteiger partial charge in [0.2, 0.25) is 5.28 Å². The lowest BCUT2D eigenvalue weighted by molar-refractivity contribution is -0.167. The molecule has 0 spiro atoms. The van der Waals surface area contributed by atoms with Crippen molar-refractivity contribution >= 4 is 28.7 Å². The molecule has 7 nitrogen and oxygen atoms in total. The van der Waals surface area contributed by atoms with Gasteiger partial charge in [0.05, 0.1) is 30.1 Å². The maximum Gasteiger partial charge on any atom is 0.471 e. The second kappa shape index (κ2) is 7.88. The largest absolute Gasteiger partial charge is 0.495 e. The van der Waals surface area contributed by atoms with E-state index in [1.54, 1.807) is 35.0 Å². The quantitative estimate of drug-likeness (QED) is 0.462. The molecule has 0 saturated heterocycles. The summed E-state index contributed by atoms with van der Waals surface area (Å²) in [5, 5.41) is 6.44. The summed E-state index contributed by atoms with van der Waals surface area (Å²) in [5.41, 5.74) is 2.58. The molecule has 1 N–H and O–H groups in total. The lowest BCUT2D eigenvalue weighted by atomic mass is 10.0. The van der Waals surface area contributed by atoms with Gasteiger partial charge in [0, 0.05) is 17.4 Å². The Morgan fingerprint density at radius 2 is 2.00 bits per heavy atom. The van der Waals surface area contributed by atoms with Crippen LogP contribution in [0.2, 0.25) is 5.28 Å². The summed E-state index contributed by atoms with van der Waals surface area (Å²) < 4.78 is 44.7. The van der Waals surface area contributed by atoms with Crippen molar-refractivity contribution in [2.24, 2.45) is 0 Å². The molecule has 0 radical (unpaired) electrons. The van der Waals surface area contributed by atoms with Gasteiger partial charge in [0.15, 0.2) is 0 Å². The molecule has 31 heavy (non-hydrogen) atoms. The monoisotopic (exact) mass is 447 g/mol. The minimum absolute atomic E-state index is 0.0267. The van der Waals surface area contributed by atoms with Crippen LogP contribution in [0.5, 0.6) is 5.75 Å². The van der Waals surface area contributed by atoms with E-state index < -0.39 is 12.1 Å². The fourth-order valence-corrected chi connectivity index (χ4v) is 3.17. The van der Waals surface area contributed by atoms with Crippen LogP contribution in [0, 0.1) is 0 Å². The Hall–Kier alpha value is -3.66. The number of benzene rings is 1. The Balaban J connectivity index is 1.88. The first-order valence-corrected chi connectivity index (χ1v) is 9.18. The van der Waals surface area contributed by atoms with E-state index in [0.717, 1.165) is 0 Å². The molecule has 1 aromatic carbocycles. The summed E-state index contributed by atoms with van der Waals surface area (Å²) in [5.74, 6) is -1.51. The first-order chi connectivity index (χ1) is 14.8. The molecule has 3 heterocycles. The van der Waals surface area contributed by atoms with Gasteiger partial charge < -0.3 is 10.1 Å². The number of carbonyl (C=O) groups is 1. The molecule has 158 valence electrons. The van der Waals surface area contributed by atoms with E-state index in [1.807, 2.05) is 5.32 Å². The lowest BCUT2D eigenvalue weighted by Gasteiger charge is -2.09. The number of nitrogens with zero attached hydrogens (tertiary/aromatic N) is 4. The van der Waals surface area contributed by atoms with E-state index in [1.165, 1.54) is 31.5 Å². The summed E-state index contributed by atoms with van der Waals surface area (Å²) in [6, 6.07) is 11.1. The molecule has 4 rings (SSSR count). The van der Waals surface area contributed by atoms with Crippen molar-refractivity contribution in [2.75, 3.05) is 12.4 Å². The SMILES string of the molecule is COc1ccc2c(-c3ccnc(Cl)n3)c(-c3cccc(NC(=O)C(F)(F)F)c3)nn2c1. The lowest BCUT2D eigenvalue weighted by Crippen LogP contribution is -2.29. The van der Waals surface area contributed by atoms with Crippen LogP contribution in [-0.4, -0.2) is 38.8 Å². The van der Waals surface area contributed by atoms with E-state index >= 15 is 0 Å². The number of carbonyl (C=O) groups excluding carboxylic acids is 1. The Labute approximate surface area is 178 Å². The van der Waals surface area contributed by atoms with E-state index in [-0.39, 0.29) is 11.0 Å². The van der Waals surface area contributed by atoms with Gasteiger partial charge >= 0.3 is 12.1 Å². The van der Waals surface area contributed by atoms with E-state index in [2.05, 4.69) is 15.1 Å².